The molecule has 2 rings (SSSR count). The molecule has 0 aliphatic rings. The lowest BCUT2D eigenvalue weighted by Crippen LogP contribution is -2.19. The molecule has 5 heteroatoms. The third-order valence-electron chi connectivity index (χ3n) is 2.32. The summed E-state index contributed by atoms with van der Waals surface area (Å²) in [6, 6.07) is 10.4. The SMILES string of the molecule is C=S(N)(=O)n1ccc(C(=O)c2ccccc2)c1.CC. The van der Waals surface area contributed by atoms with E-state index in [0.717, 1.165) is 0 Å². The maximum absolute atomic E-state index is 12.0. The molecule has 0 bridgehead atoms. The van der Waals surface area contributed by atoms with Crippen LogP contribution in [0.25, 0.3) is 0 Å². The second-order valence-corrected chi connectivity index (χ2v) is 5.45. The van der Waals surface area contributed by atoms with Crippen LogP contribution in [-0.4, -0.2) is 19.8 Å². The number of nitrogens with zero attached hydrogens (tertiary/aromatic N) is 1. The Labute approximate surface area is 114 Å². The Kier molecular flexibility index (Phi) is 5.09. The van der Waals surface area contributed by atoms with Gasteiger partial charge in [-0.2, -0.15) is 0 Å². The largest absolute Gasteiger partial charge is 0.289 e. The van der Waals surface area contributed by atoms with E-state index in [4.69, 9.17) is 5.14 Å². The fourth-order valence-corrected chi connectivity index (χ4v) is 2.02. The molecular formula is C14H18N2O2S. The number of hydrogen-bond donors (Lipinski definition) is 1. The van der Waals surface area contributed by atoms with Crippen molar-refractivity contribution in [2.75, 3.05) is 0 Å². The van der Waals surface area contributed by atoms with Crippen molar-refractivity contribution in [3.05, 3.63) is 59.9 Å². The van der Waals surface area contributed by atoms with E-state index in [1.165, 1.54) is 16.4 Å². The molecule has 0 aliphatic carbocycles. The van der Waals surface area contributed by atoms with Crippen molar-refractivity contribution in [1.29, 1.82) is 0 Å². The van der Waals surface area contributed by atoms with E-state index in [2.05, 4.69) is 5.87 Å². The molecule has 1 heterocycles. The van der Waals surface area contributed by atoms with E-state index in [9.17, 15) is 9.00 Å². The molecule has 102 valence electrons. The summed E-state index contributed by atoms with van der Waals surface area (Å²) in [6.45, 7) is 4.00. The van der Waals surface area contributed by atoms with Gasteiger partial charge in [0.25, 0.3) is 0 Å². The Hall–Kier alpha value is -1.85. The topological polar surface area (TPSA) is 65.1 Å². The van der Waals surface area contributed by atoms with Crippen LogP contribution in [0, 0.1) is 0 Å². The highest BCUT2D eigenvalue weighted by Crippen LogP contribution is 2.10. The molecule has 0 aliphatic heterocycles. The molecule has 0 radical (unpaired) electrons. The Morgan fingerprint density at radius 2 is 1.74 bits per heavy atom. The summed E-state index contributed by atoms with van der Waals surface area (Å²) in [6.07, 6.45) is 2.94. The van der Waals surface area contributed by atoms with Crippen molar-refractivity contribution >= 4 is 21.5 Å². The quantitative estimate of drug-likeness (QED) is 0.690. The molecule has 2 aromatic rings. The van der Waals surface area contributed by atoms with E-state index < -0.39 is 9.89 Å². The fraction of sp³-hybridized carbons (Fsp3) is 0.143. The molecule has 0 saturated carbocycles. The number of benzene rings is 1. The highest BCUT2D eigenvalue weighted by molar-refractivity contribution is 7.96. The number of carbonyl (C=O) groups is 1. The summed E-state index contributed by atoms with van der Waals surface area (Å²) in [5, 5.41) is 5.38. The molecule has 1 aromatic carbocycles. The first kappa shape index (κ1) is 15.2. The molecule has 1 unspecified atom stereocenters. The van der Waals surface area contributed by atoms with E-state index in [-0.39, 0.29) is 5.78 Å². The average Bonchev–Trinajstić information content (AvgIpc) is 2.91. The van der Waals surface area contributed by atoms with Crippen LogP contribution >= 0.6 is 0 Å². The summed E-state index contributed by atoms with van der Waals surface area (Å²) in [5.41, 5.74) is 1.02. The third kappa shape index (κ3) is 3.81. The van der Waals surface area contributed by atoms with Crippen LogP contribution in [-0.2, 0) is 9.89 Å². The summed E-state index contributed by atoms with van der Waals surface area (Å²) in [7, 11) is -2.83. The first-order chi connectivity index (χ1) is 8.98. The lowest BCUT2D eigenvalue weighted by atomic mass is 10.1. The van der Waals surface area contributed by atoms with Crippen molar-refractivity contribution in [3.63, 3.8) is 0 Å². The predicted molar refractivity (Wildman–Crippen MR) is 80.5 cm³/mol. The van der Waals surface area contributed by atoms with Crippen LogP contribution in [0.1, 0.15) is 29.8 Å². The molecular weight excluding hydrogens is 260 g/mol. The van der Waals surface area contributed by atoms with Gasteiger partial charge in [-0.3, -0.25) is 8.77 Å². The van der Waals surface area contributed by atoms with Gasteiger partial charge in [-0.1, -0.05) is 44.2 Å². The molecule has 4 nitrogen and oxygen atoms in total. The van der Waals surface area contributed by atoms with Crippen LogP contribution in [0.3, 0.4) is 0 Å². The monoisotopic (exact) mass is 278 g/mol. The van der Waals surface area contributed by atoms with Crippen LogP contribution in [0.15, 0.2) is 48.8 Å². The van der Waals surface area contributed by atoms with Crippen molar-refractivity contribution in [1.82, 2.24) is 3.97 Å². The number of carbonyl (C=O) groups excluding carboxylic acids is 1. The van der Waals surface area contributed by atoms with Gasteiger partial charge in [0.1, 0.15) is 9.89 Å². The lowest BCUT2D eigenvalue weighted by Gasteiger charge is -2.02. The molecule has 0 spiro atoms. The van der Waals surface area contributed by atoms with Crippen molar-refractivity contribution in [2.24, 2.45) is 5.14 Å². The number of rotatable bonds is 3. The molecule has 19 heavy (non-hydrogen) atoms. The maximum atomic E-state index is 12.0. The van der Waals surface area contributed by atoms with Crippen molar-refractivity contribution in [2.45, 2.75) is 13.8 Å². The fourth-order valence-electron chi connectivity index (χ4n) is 1.46. The van der Waals surface area contributed by atoms with Gasteiger partial charge < -0.3 is 0 Å². The minimum absolute atomic E-state index is 0.131. The Morgan fingerprint density at radius 1 is 1.16 bits per heavy atom. The molecule has 1 atom stereocenters. The highest BCUT2D eigenvalue weighted by atomic mass is 32.2. The standard InChI is InChI=1S/C12H12N2O2S.C2H6/c1-17(13,16)14-8-7-11(9-14)12(15)10-5-3-2-4-6-10;1-2/h2-9H,1H2,(H2,13,16);1-2H3. The predicted octanol–water partition coefficient (Wildman–Crippen LogP) is 2.10. The number of ketones is 1. The average molecular weight is 278 g/mol. The van der Waals surface area contributed by atoms with Gasteiger partial charge in [0.2, 0.25) is 0 Å². The second-order valence-electron chi connectivity index (χ2n) is 3.65. The molecule has 0 amide bonds. The van der Waals surface area contributed by atoms with Crippen LogP contribution in [0.2, 0.25) is 0 Å². The van der Waals surface area contributed by atoms with Gasteiger partial charge in [-0.05, 0) is 11.9 Å². The molecule has 1 aromatic heterocycles. The number of hydrogen-bond acceptors (Lipinski definition) is 2. The van der Waals surface area contributed by atoms with Crippen molar-refractivity contribution in [3.8, 4) is 0 Å². The van der Waals surface area contributed by atoms with E-state index in [1.54, 1.807) is 30.3 Å². The highest BCUT2D eigenvalue weighted by Gasteiger charge is 2.11. The van der Waals surface area contributed by atoms with Gasteiger partial charge in [0.15, 0.2) is 5.78 Å². The molecule has 2 N–H and O–H groups in total. The van der Waals surface area contributed by atoms with Crippen LogP contribution < -0.4 is 5.14 Å². The van der Waals surface area contributed by atoms with Gasteiger partial charge in [0.05, 0.1) is 0 Å². The maximum Gasteiger partial charge on any atom is 0.194 e. The van der Waals surface area contributed by atoms with Gasteiger partial charge >= 0.3 is 0 Å². The second kappa shape index (κ2) is 6.36. The van der Waals surface area contributed by atoms with E-state index >= 15 is 0 Å². The lowest BCUT2D eigenvalue weighted by molar-refractivity contribution is 0.103. The summed E-state index contributed by atoms with van der Waals surface area (Å²) < 4.78 is 12.7. The van der Waals surface area contributed by atoms with E-state index in [1.807, 2.05) is 19.9 Å². The number of aromatic nitrogens is 1. The summed E-state index contributed by atoms with van der Waals surface area (Å²) in [4.78, 5) is 12.0. The van der Waals surface area contributed by atoms with E-state index in [0.29, 0.717) is 11.1 Å². The van der Waals surface area contributed by atoms with Gasteiger partial charge in [-0.25, -0.2) is 9.35 Å². The minimum atomic E-state index is -2.83. The third-order valence-corrected chi connectivity index (χ3v) is 3.26. The summed E-state index contributed by atoms with van der Waals surface area (Å²) >= 11 is 0. The van der Waals surface area contributed by atoms with Crippen LogP contribution in [0.4, 0.5) is 0 Å². The zero-order chi connectivity index (χ0) is 14.5. The first-order valence-electron chi connectivity index (χ1n) is 5.92. The van der Waals surface area contributed by atoms with Gasteiger partial charge in [0, 0.05) is 23.5 Å². The minimum Gasteiger partial charge on any atom is -0.289 e. The Morgan fingerprint density at radius 3 is 2.21 bits per heavy atom. The Balaban J connectivity index is 0.000000861. The molecule has 0 saturated heterocycles. The first-order valence-corrected chi connectivity index (χ1v) is 7.66. The number of nitrogens with two attached hydrogens (primary N) is 1. The summed E-state index contributed by atoms with van der Waals surface area (Å²) in [5.74, 6) is 3.21. The smallest absolute Gasteiger partial charge is 0.194 e. The normalized spacial score (nSPS) is 13.0. The Bertz CT molecular complexity index is 643. The van der Waals surface area contributed by atoms with Gasteiger partial charge in [-0.15, -0.1) is 0 Å². The zero-order valence-electron chi connectivity index (χ0n) is 11.1. The van der Waals surface area contributed by atoms with Crippen LogP contribution in [0.5, 0.6) is 0 Å². The zero-order valence-corrected chi connectivity index (χ0v) is 11.9. The van der Waals surface area contributed by atoms with Crippen molar-refractivity contribution < 1.29 is 9.00 Å². The molecule has 0 fully saturated rings.